The van der Waals surface area contributed by atoms with E-state index in [2.05, 4.69) is 6.92 Å². The maximum Gasteiger partial charge on any atom is 0.261 e. The summed E-state index contributed by atoms with van der Waals surface area (Å²) in [5, 5.41) is 8.81. The normalized spacial score (nSPS) is 18.0. The molecular formula is C53H70N2O11. The Morgan fingerprint density at radius 1 is 0.455 bits per heavy atom. The Morgan fingerprint density at radius 3 is 1.11 bits per heavy atom. The first kappa shape index (κ1) is 53.9. The molecule has 10 rings (SSSR count). The highest BCUT2D eigenvalue weighted by Gasteiger charge is 2.38. The Morgan fingerprint density at radius 2 is 0.742 bits per heavy atom. The van der Waals surface area contributed by atoms with Crippen molar-refractivity contribution in [3.05, 3.63) is 132 Å². The Balaban J connectivity index is 0.000000230. The Hall–Kier alpha value is -6.44. The van der Waals surface area contributed by atoms with Gasteiger partial charge in [-0.15, -0.1) is 0 Å². The van der Waals surface area contributed by atoms with Crippen LogP contribution in [0.1, 0.15) is 89.5 Å². The van der Waals surface area contributed by atoms with Crippen molar-refractivity contribution in [2.75, 3.05) is 46.1 Å². The summed E-state index contributed by atoms with van der Waals surface area (Å²) >= 11 is 0. The molecule has 66 heavy (non-hydrogen) atoms. The van der Waals surface area contributed by atoms with Gasteiger partial charge in [-0.2, -0.15) is 0 Å². The van der Waals surface area contributed by atoms with Crippen molar-refractivity contribution in [2.45, 2.75) is 93.2 Å². The molecule has 0 saturated heterocycles. The van der Waals surface area contributed by atoms with Gasteiger partial charge in [0.05, 0.1) is 24.3 Å². The van der Waals surface area contributed by atoms with Gasteiger partial charge in [0.1, 0.15) is 38.6 Å². The van der Waals surface area contributed by atoms with Gasteiger partial charge in [-0.3, -0.25) is 14.5 Å². The number of ether oxygens (including phenoxy) is 8. The second kappa shape index (κ2) is 29.9. The van der Waals surface area contributed by atoms with Crippen molar-refractivity contribution >= 4 is 11.8 Å². The molecule has 5 aromatic rings. The van der Waals surface area contributed by atoms with E-state index < -0.39 is 0 Å². The molecule has 0 radical (unpaired) electrons. The smallest absolute Gasteiger partial charge is 0.261 e. The van der Waals surface area contributed by atoms with Crippen LogP contribution < -0.4 is 43.6 Å². The Kier molecular flexibility index (Phi) is 24.4. The lowest BCUT2D eigenvalue weighted by Gasteiger charge is -2.28. The third kappa shape index (κ3) is 15.1. The number of fused-ring (bicyclic) bond motifs is 5. The van der Waals surface area contributed by atoms with Gasteiger partial charge in [0.25, 0.3) is 11.8 Å². The first-order chi connectivity index (χ1) is 32.4. The van der Waals surface area contributed by atoms with E-state index in [0.717, 1.165) is 35.2 Å². The number of hydrogen-bond donors (Lipinski definition) is 2. The van der Waals surface area contributed by atoms with Crippen LogP contribution in [-0.2, 0) is 0 Å². The molecule has 0 aromatic heterocycles. The van der Waals surface area contributed by atoms with Gasteiger partial charge in [0.2, 0.25) is 0 Å². The number of imide groups is 1. The zero-order valence-electron chi connectivity index (χ0n) is 40.1. The molecule has 13 nitrogen and oxygen atoms in total. The first-order valence-corrected chi connectivity index (χ1v) is 23.2. The fourth-order valence-corrected chi connectivity index (χ4v) is 6.36. The average molecular weight is 911 g/mol. The van der Waals surface area contributed by atoms with Gasteiger partial charge in [-0.05, 0) is 67.1 Å². The summed E-state index contributed by atoms with van der Waals surface area (Å²) in [6, 6.07) is 37.1. The number of carbonyl (C=O) groups excluding carboxylic acids is 2. The second-order valence-corrected chi connectivity index (χ2v) is 13.6. The second-order valence-electron chi connectivity index (χ2n) is 13.6. The standard InChI is InChI=1S/C17H13NO4.C10H12O2.C9H11NO2.C9H10O3.4C2H6/c19-16-12-5-1-2-6-13(12)17(20)18(16)9-11-10-21-14-7-3-4-8-15(14)22-11;1-2-8-7-11-9-5-3-4-6-10(9)12-8;2*10-5-7-6-11-8-3-1-2-4-9(8)12-7;4*1-2/h1-8,11H,9-10H2;3-6,8H,2,7H2,1H3;1-4,7H,5-6,10H2;1-4,7,10H,5-6H2;4*1-2H3. The van der Waals surface area contributed by atoms with Crippen LogP contribution in [0.3, 0.4) is 0 Å². The van der Waals surface area contributed by atoms with Crippen LogP contribution in [-0.4, -0.2) is 92.4 Å². The minimum atomic E-state index is -0.364. The lowest BCUT2D eigenvalue weighted by atomic mass is 10.1. The fraction of sp³-hybridized carbons (Fsp3) is 0.396. The van der Waals surface area contributed by atoms with Crippen molar-refractivity contribution in [3.8, 4) is 46.0 Å². The van der Waals surface area contributed by atoms with E-state index in [4.69, 9.17) is 48.7 Å². The summed E-state index contributed by atoms with van der Waals surface area (Å²) in [6.07, 6.45) is 0.630. The Labute approximate surface area is 391 Å². The van der Waals surface area contributed by atoms with Gasteiger partial charge < -0.3 is 48.7 Å². The van der Waals surface area contributed by atoms with E-state index in [1.807, 2.05) is 152 Å². The van der Waals surface area contributed by atoms with Crippen molar-refractivity contribution < 1.29 is 52.6 Å². The lowest BCUT2D eigenvalue weighted by molar-refractivity contribution is 0.0430. The van der Waals surface area contributed by atoms with E-state index in [1.165, 1.54) is 4.90 Å². The highest BCUT2D eigenvalue weighted by atomic mass is 16.6. The number of nitrogens with zero attached hydrogens (tertiary/aromatic N) is 1. The third-order valence-corrected chi connectivity index (χ3v) is 9.46. The molecule has 5 aliphatic heterocycles. The number of amides is 2. The number of benzene rings is 5. The van der Waals surface area contributed by atoms with Crippen LogP contribution in [0.5, 0.6) is 46.0 Å². The van der Waals surface area contributed by atoms with Crippen molar-refractivity contribution in [1.29, 1.82) is 0 Å². The van der Waals surface area contributed by atoms with Crippen LogP contribution in [0, 0.1) is 0 Å². The molecule has 0 aliphatic carbocycles. The average Bonchev–Trinajstić information content (AvgIpc) is 3.65. The first-order valence-electron chi connectivity index (χ1n) is 23.2. The maximum atomic E-state index is 12.3. The van der Waals surface area contributed by atoms with Crippen LogP contribution in [0.2, 0.25) is 0 Å². The molecule has 0 saturated carbocycles. The molecule has 5 aliphatic rings. The summed E-state index contributed by atoms with van der Waals surface area (Å²) in [5.41, 5.74) is 6.35. The molecule has 4 unspecified atom stereocenters. The van der Waals surface area contributed by atoms with E-state index >= 15 is 0 Å². The highest BCUT2D eigenvalue weighted by molar-refractivity contribution is 6.21. The zero-order valence-corrected chi connectivity index (χ0v) is 40.1. The van der Waals surface area contributed by atoms with Gasteiger partial charge in [0.15, 0.2) is 58.2 Å². The van der Waals surface area contributed by atoms with E-state index in [9.17, 15) is 9.59 Å². The van der Waals surface area contributed by atoms with Crippen molar-refractivity contribution in [2.24, 2.45) is 5.73 Å². The molecule has 0 fully saturated rings. The topological polar surface area (TPSA) is 157 Å². The predicted molar refractivity (Wildman–Crippen MR) is 259 cm³/mol. The van der Waals surface area contributed by atoms with Crippen molar-refractivity contribution in [1.82, 2.24) is 4.90 Å². The van der Waals surface area contributed by atoms with Crippen LogP contribution in [0.4, 0.5) is 0 Å². The number of para-hydroxylation sites is 8. The highest BCUT2D eigenvalue weighted by Crippen LogP contribution is 2.34. The number of rotatable bonds is 5. The third-order valence-electron chi connectivity index (χ3n) is 9.46. The van der Waals surface area contributed by atoms with E-state index in [0.29, 0.717) is 61.3 Å². The quantitative estimate of drug-likeness (QED) is 0.161. The van der Waals surface area contributed by atoms with Gasteiger partial charge in [0, 0.05) is 6.54 Å². The van der Waals surface area contributed by atoms with Gasteiger partial charge in [-0.25, -0.2) is 0 Å². The number of aliphatic hydroxyl groups excluding tert-OH is 1. The zero-order chi connectivity index (χ0) is 48.3. The van der Waals surface area contributed by atoms with E-state index in [1.54, 1.807) is 24.3 Å². The molecule has 13 heteroatoms. The Bertz CT molecular complexity index is 1990. The summed E-state index contributed by atoms with van der Waals surface area (Å²) in [5.74, 6) is 5.56. The molecular weight excluding hydrogens is 841 g/mol. The molecule has 0 spiro atoms. The van der Waals surface area contributed by atoms with Gasteiger partial charge in [-0.1, -0.05) is 123 Å². The summed E-state index contributed by atoms with van der Waals surface area (Å²) in [6.45, 7) is 20.7. The molecule has 2 amide bonds. The minimum absolute atomic E-state index is 0.0000926. The van der Waals surface area contributed by atoms with Crippen molar-refractivity contribution in [3.63, 3.8) is 0 Å². The van der Waals surface area contributed by atoms with Gasteiger partial charge >= 0.3 is 0 Å². The predicted octanol–water partition coefficient (Wildman–Crippen LogP) is 10.1. The summed E-state index contributed by atoms with van der Waals surface area (Å²) in [4.78, 5) is 25.9. The minimum Gasteiger partial charge on any atom is -0.486 e. The molecule has 5 heterocycles. The molecule has 0 bridgehead atoms. The molecule has 4 atom stereocenters. The molecule has 3 N–H and O–H groups in total. The van der Waals surface area contributed by atoms with Crippen LogP contribution in [0.15, 0.2) is 121 Å². The monoisotopic (exact) mass is 910 g/mol. The number of aliphatic hydroxyl groups is 1. The largest absolute Gasteiger partial charge is 0.486 e. The number of carbonyl (C=O) groups is 2. The van der Waals surface area contributed by atoms with Crippen LogP contribution in [0.25, 0.3) is 0 Å². The molecule has 5 aromatic carbocycles. The number of hydrogen-bond acceptors (Lipinski definition) is 12. The lowest BCUT2D eigenvalue weighted by Crippen LogP contribution is -2.43. The summed E-state index contributed by atoms with van der Waals surface area (Å²) < 4.78 is 44.3. The number of nitrogens with two attached hydrogens (primary N) is 1. The summed E-state index contributed by atoms with van der Waals surface area (Å²) in [7, 11) is 0. The molecule has 358 valence electrons. The SMILES string of the molecule is CC.CC.CC.CC.CCC1COc2ccccc2O1.NCC1COc2ccccc2O1.O=C1c2ccccc2C(=O)N1CC1COc2ccccc2O1.OCC1COc2ccccc2O1. The van der Waals surface area contributed by atoms with Crippen LogP contribution >= 0.6 is 0 Å². The fourth-order valence-electron chi connectivity index (χ4n) is 6.36. The maximum absolute atomic E-state index is 12.3. The van der Waals surface area contributed by atoms with E-state index in [-0.39, 0.29) is 49.4 Å².